The lowest BCUT2D eigenvalue weighted by atomic mass is 9.72. The highest BCUT2D eigenvalue weighted by Gasteiger charge is 2.36. The van der Waals surface area contributed by atoms with Gasteiger partial charge in [-0.2, -0.15) is 0 Å². The average Bonchev–Trinajstić information content (AvgIpc) is 3.42. The lowest BCUT2D eigenvalue weighted by molar-refractivity contribution is -0.123. The summed E-state index contributed by atoms with van der Waals surface area (Å²) in [5.41, 5.74) is 5.80. The normalized spacial score (nSPS) is 21.5. The van der Waals surface area contributed by atoms with E-state index in [-0.39, 0.29) is 23.8 Å². The molecule has 1 aromatic heterocycles. The molecule has 4 rings (SSSR count). The number of hydrogen-bond acceptors (Lipinski definition) is 4. The molecule has 2 aliphatic carbocycles. The zero-order valence-electron chi connectivity index (χ0n) is 34.0. The van der Waals surface area contributed by atoms with Gasteiger partial charge in [-0.25, -0.2) is 0 Å². The number of aromatic nitrogens is 1. The highest BCUT2D eigenvalue weighted by molar-refractivity contribution is 5.82. The Bertz CT molecular complexity index is 1070. The highest BCUT2D eigenvalue weighted by Crippen LogP contribution is 2.45. The number of fused-ring (bicyclic) bond motifs is 1. The first-order valence-electron chi connectivity index (χ1n) is 19.1. The minimum atomic E-state index is -0.353. The minimum Gasteiger partial charge on any atom is -0.483 e. The maximum atomic E-state index is 11.8. The summed E-state index contributed by atoms with van der Waals surface area (Å²) in [6, 6.07) is 2.25. The van der Waals surface area contributed by atoms with Gasteiger partial charge in [-0.15, -0.1) is 0 Å². The molecule has 1 aliphatic heterocycles. The quantitative estimate of drug-likeness (QED) is 0.249. The van der Waals surface area contributed by atoms with Crippen LogP contribution >= 0.6 is 0 Å². The molecule has 0 saturated heterocycles. The van der Waals surface area contributed by atoms with Gasteiger partial charge >= 0.3 is 0 Å². The second-order valence-corrected chi connectivity index (χ2v) is 17.7. The van der Waals surface area contributed by atoms with E-state index in [1.807, 2.05) is 0 Å². The molecule has 0 amide bonds. The Labute approximate surface area is 297 Å². The predicted octanol–water partition coefficient (Wildman–Crippen LogP) is 12.7. The molecule has 3 aliphatic rings. The fourth-order valence-electron chi connectivity index (χ4n) is 6.43. The fourth-order valence-corrected chi connectivity index (χ4v) is 6.43. The summed E-state index contributed by atoms with van der Waals surface area (Å²) in [4.78, 5) is 25.1. The third-order valence-corrected chi connectivity index (χ3v) is 9.93. The van der Waals surface area contributed by atoms with Crippen molar-refractivity contribution in [3.8, 4) is 5.75 Å². The van der Waals surface area contributed by atoms with E-state index in [2.05, 4.69) is 103 Å². The van der Waals surface area contributed by atoms with Crippen LogP contribution in [0.1, 0.15) is 197 Å². The van der Waals surface area contributed by atoms with E-state index in [9.17, 15) is 4.79 Å². The van der Waals surface area contributed by atoms with Gasteiger partial charge in [0.05, 0.1) is 5.69 Å². The number of Topliss-reactive ketones (excluding diaryl/α,β-unsaturated/α-hetero) is 1. The lowest BCUT2D eigenvalue weighted by Crippen LogP contribution is -2.23. The molecule has 2 saturated carbocycles. The molecule has 1 unspecified atom stereocenters. The van der Waals surface area contributed by atoms with Gasteiger partial charge in [-0.1, -0.05) is 127 Å². The van der Waals surface area contributed by atoms with E-state index in [1.165, 1.54) is 93.9 Å². The standard InChI is InChI=1S/C21H31NO2.C10H18.C7H16.C4H10.CH2O2/c1-13(23)18-12-17-19(24-18)15(20(2,3)4)11-16(22-17)14-7-9-21(5,6)10-8-14;1-8(2)10-6-4-9(3)5-7-10;1-5-6-7(2,3)4;1-3-4-2;2-1-3/h11,14,18H,7-10,12H2,1-6H3;9-10H,1,4-7H2,2-3H3;5-6H2,1-4H3;3-4H2,1-2H3;1H,(H,2,3). The number of nitrogens with zero attached hydrogens (tertiary/aromatic N) is 1. The van der Waals surface area contributed by atoms with Crippen molar-refractivity contribution >= 4 is 12.3 Å². The van der Waals surface area contributed by atoms with Gasteiger partial charge in [0.25, 0.3) is 6.47 Å². The van der Waals surface area contributed by atoms with Crippen LogP contribution in [-0.4, -0.2) is 28.4 Å². The van der Waals surface area contributed by atoms with E-state index in [0.717, 1.165) is 23.3 Å². The molecule has 0 aromatic carbocycles. The Morgan fingerprint density at radius 1 is 0.958 bits per heavy atom. The Morgan fingerprint density at radius 3 is 1.81 bits per heavy atom. The smallest absolute Gasteiger partial charge is 0.290 e. The maximum Gasteiger partial charge on any atom is 0.290 e. The van der Waals surface area contributed by atoms with Gasteiger partial charge in [-0.3, -0.25) is 14.6 Å². The first-order chi connectivity index (χ1) is 22.2. The van der Waals surface area contributed by atoms with Gasteiger partial charge in [0.1, 0.15) is 5.75 Å². The molecule has 2 heterocycles. The highest BCUT2D eigenvalue weighted by atomic mass is 16.5. The summed E-state index contributed by atoms with van der Waals surface area (Å²) in [6.07, 6.45) is 16.1. The van der Waals surface area contributed by atoms with Crippen molar-refractivity contribution in [1.29, 1.82) is 0 Å². The molecular formula is C43H77NO4. The first kappa shape index (κ1) is 45.8. The van der Waals surface area contributed by atoms with Crippen molar-refractivity contribution in [2.75, 3.05) is 0 Å². The van der Waals surface area contributed by atoms with Crippen molar-refractivity contribution in [2.24, 2.45) is 22.7 Å². The summed E-state index contributed by atoms with van der Waals surface area (Å²) in [5.74, 6) is 3.31. The molecule has 0 spiro atoms. The number of carbonyl (C=O) groups excluding carboxylic acids is 1. The molecule has 1 atom stereocenters. The van der Waals surface area contributed by atoms with E-state index in [0.29, 0.717) is 23.2 Å². The molecule has 48 heavy (non-hydrogen) atoms. The lowest BCUT2D eigenvalue weighted by Gasteiger charge is -2.34. The molecule has 5 heteroatoms. The van der Waals surface area contributed by atoms with Crippen molar-refractivity contribution in [3.63, 3.8) is 0 Å². The van der Waals surface area contributed by atoms with Crippen molar-refractivity contribution < 1.29 is 19.4 Å². The Kier molecular flexibility index (Phi) is 20.8. The van der Waals surface area contributed by atoms with E-state index in [4.69, 9.17) is 19.6 Å². The van der Waals surface area contributed by atoms with Crippen LogP contribution in [0, 0.1) is 22.7 Å². The Hall–Kier alpha value is -2.17. The van der Waals surface area contributed by atoms with Crippen LogP contribution in [0.25, 0.3) is 0 Å². The second kappa shape index (κ2) is 21.8. The van der Waals surface area contributed by atoms with E-state index >= 15 is 0 Å². The number of ketones is 1. The van der Waals surface area contributed by atoms with Crippen LogP contribution in [-0.2, 0) is 21.4 Å². The van der Waals surface area contributed by atoms with Gasteiger partial charge in [0.2, 0.25) is 0 Å². The maximum absolute atomic E-state index is 11.8. The van der Waals surface area contributed by atoms with Gasteiger partial charge in [-0.05, 0) is 92.9 Å². The zero-order chi connectivity index (χ0) is 37.3. The monoisotopic (exact) mass is 672 g/mol. The van der Waals surface area contributed by atoms with Gasteiger partial charge < -0.3 is 9.84 Å². The summed E-state index contributed by atoms with van der Waals surface area (Å²) in [5, 5.41) is 6.89. The number of ether oxygens (including phenoxy) is 1. The van der Waals surface area contributed by atoms with Crippen LogP contribution < -0.4 is 4.74 Å². The molecule has 0 radical (unpaired) electrons. The summed E-state index contributed by atoms with van der Waals surface area (Å²) < 4.78 is 5.99. The minimum absolute atomic E-state index is 0.0125. The van der Waals surface area contributed by atoms with Gasteiger partial charge in [0.15, 0.2) is 11.9 Å². The summed E-state index contributed by atoms with van der Waals surface area (Å²) >= 11 is 0. The number of hydrogen-bond donors (Lipinski definition) is 1. The van der Waals surface area contributed by atoms with E-state index in [1.54, 1.807) is 6.92 Å². The first-order valence-corrected chi connectivity index (χ1v) is 19.1. The predicted molar refractivity (Wildman–Crippen MR) is 206 cm³/mol. The number of carboxylic acid groups (broad SMARTS) is 1. The molecule has 2 fully saturated rings. The molecule has 278 valence electrons. The third-order valence-electron chi connectivity index (χ3n) is 9.93. The van der Waals surface area contributed by atoms with Crippen LogP contribution in [0.3, 0.4) is 0 Å². The molecule has 5 nitrogen and oxygen atoms in total. The topological polar surface area (TPSA) is 76.5 Å². The Morgan fingerprint density at radius 2 is 1.46 bits per heavy atom. The van der Waals surface area contributed by atoms with Crippen LogP contribution in [0.5, 0.6) is 5.75 Å². The van der Waals surface area contributed by atoms with Crippen LogP contribution in [0.4, 0.5) is 0 Å². The largest absolute Gasteiger partial charge is 0.483 e. The number of rotatable bonds is 5. The molecule has 1 N–H and O–H groups in total. The second-order valence-electron chi connectivity index (χ2n) is 17.7. The number of pyridine rings is 1. The van der Waals surface area contributed by atoms with Crippen LogP contribution in [0.2, 0.25) is 0 Å². The molecular weight excluding hydrogens is 594 g/mol. The third kappa shape index (κ3) is 18.0. The van der Waals surface area contributed by atoms with Gasteiger partial charge in [0, 0.05) is 23.6 Å². The van der Waals surface area contributed by atoms with Crippen molar-refractivity contribution in [2.45, 2.75) is 198 Å². The number of carbonyl (C=O) groups is 2. The van der Waals surface area contributed by atoms with Crippen molar-refractivity contribution in [3.05, 3.63) is 35.2 Å². The SMILES string of the molecule is C=C(C)C1CCC(C)CC1.CC(=O)C1Cc2nc(C3CCC(C)(C)CC3)cc(C(C)(C)C)c2O1.CCCC.CCCC(C)(C)C.O=CO. The molecule has 0 bridgehead atoms. The fraction of sp³-hybridized carbons (Fsp3) is 0.791. The average molecular weight is 672 g/mol. The zero-order valence-corrected chi connectivity index (χ0v) is 34.0. The summed E-state index contributed by atoms with van der Waals surface area (Å²) in [6.45, 7) is 34.7. The van der Waals surface area contributed by atoms with E-state index < -0.39 is 0 Å². The Balaban J connectivity index is 0.000000755. The van der Waals surface area contributed by atoms with Crippen LogP contribution in [0.15, 0.2) is 18.2 Å². The number of unbranched alkanes of at least 4 members (excludes halogenated alkanes) is 1. The van der Waals surface area contributed by atoms with Crippen molar-refractivity contribution in [1.82, 2.24) is 4.98 Å². The molecule has 1 aromatic rings. The summed E-state index contributed by atoms with van der Waals surface area (Å²) in [7, 11) is 0. The number of allylic oxidation sites excluding steroid dienone is 1.